The van der Waals surface area contributed by atoms with E-state index in [2.05, 4.69) is 11.9 Å². The van der Waals surface area contributed by atoms with Crippen LogP contribution < -0.4 is 16.8 Å². The molecule has 0 aliphatic carbocycles. The number of aromatic nitrogens is 1. The van der Waals surface area contributed by atoms with E-state index in [0.29, 0.717) is 41.5 Å². The van der Waals surface area contributed by atoms with Gasteiger partial charge in [0.25, 0.3) is 5.91 Å². The lowest BCUT2D eigenvalue weighted by Crippen LogP contribution is -2.35. The Bertz CT molecular complexity index is 1460. The first-order valence-corrected chi connectivity index (χ1v) is 13.9. The van der Waals surface area contributed by atoms with Crippen molar-refractivity contribution in [1.29, 1.82) is 0 Å². The minimum atomic E-state index is -0.972. The Morgan fingerprint density at radius 1 is 1.29 bits per heavy atom. The molecule has 1 aromatic carbocycles. The lowest BCUT2D eigenvalue weighted by molar-refractivity contribution is -0.112. The topological polar surface area (TPSA) is 166 Å². The minimum Gasteiger partial charge on any atom is -0.505 e. The third kappa shape index (κ3) is 7.59. The Labute approximate surface area is 245 Å². The molecule has 2 aromatic rings. The summed E-state index contributed by atoms with van der Waals surface area (Å²) in [6, 6.07) is 1.43. The van der Waals surface area contributed by atoms with Gasteiger partial charge in [-0.1, -0.05) is 44.2 Å². The van der Waals surface area contributed by atoms with Gasteiger partial charge in [0.15, 0.2) is 11.7 Å². The zero-order valence-corrected chi connectivity index (χ0v) is 24.8. The minimum absolute atomic E-state index is 0.0316. The van der Waals surface area contributed by atoms with Crippen LogP contribution in [-0.2, 0) is 27.2 Å². The van der Waals surface area contributed by atoms with E-state index in [4.69, 9.17) is 19.6 Å². The third-order valence-corrected chi connectivity index (χ3v) is 7.49. The average molecular weight is 584 g/mol. The first-order chi connectivity index (χ1) is 19.9. The number of allylic oxidation sites excluding steroid dienone is 3. The Morgan fingerprint density at radius 2 is 2.00 bits per heavy atom. The van der Waals surface area contributed by atoms with Crippen molar-refractivity contribution in [2.75, 3.05) is 12.4 Å². The standard InChI is InChI=1S/C31H41N3O8/c1-7-13-34-26-21-14-17(2)11-12-23(35)19(4)15-20(5)28(42-30(32)38)24(40-6)10-8-9-18(3)29(37)33-22(27(21)36)16-25(26)41-31(34)39/h7-10,15-17,19,23-24,28,35-36H,1,11-14H2,2-6H3,(H2,32,38)(H,33,37)/b10-8-,18-9+,20-15+/t17-,19-,23?,24?,28?/m0/s1. The second kappa shape index (κ2) is 14.2. The first kappa shape index (κ1) is 32.4. The number of nitrogens with zero attached hydrogens (tertiary/aromatic N) is 1. The van der Waals surface area contributed by atoms with Crippen molar-refractivity contribution in [2.24, 2.45) is 17.6 Å². The third-order valence-electron chi connectivity index (χ3n) is 7.49. The molecule has 2 heterocycles. The molecular formula is C31H41N3O8. The number of phenols is 1. The summed E-state index contributed by atoms with van der Waals surface area (Å²) in [5.41, 5.74) is 7.49. The predicted octanol–water partition coefficient (Wildman–Crippen LogP) is 4.32. The number of nitrogens with two attached hydrogens (primary N) is 1. The molecule has 1 aromatic heterocycles. The van der Waals surface area contributed by atoms with Crippen LogP contribution in [-0.4, -0.2) is 52.2 Å². The summed E-state index contributed by atoms with van der Waals surface area (Å²) < 4.78 is 17.8. The molecule has 0 fully saturated rings. The van der Waals surface area contributed by atoms with E-state index in [-0.39, 0.29) is 35.4 Å². The molecule has 11 heteroatoms. The number of hydrogen-bond acceptors (Lipinski definition) is 8. The molecular weight excluding hydrogens is 542 g/mol. The molecule has 2 amide bonds. The van der Waals surface area contributed by atoms with E-state index in [9.17, 15) is 24.6 Å². The smallest absolute Gasteiger partial charge is 0.420 e. The molecule has 1 aliphatic heterocycles. The molecule has 11 nitrogen and oxygen atoms in total. The number of primary amides is 1. The van der Waals surface area contributed by atoms with Crippen LogP contribution in [0.3, 0.4) is 0 Å². The Balaban J connectivity index is 2.13. The van der Waals surface area contributed by atoms with Gasteiger partial charge in [-0.15, -0.1) is 6.58 Å². The van der Waals surface area contributed by atoms with Crippen LogP contribution >= 0.6 is 0 Å². The summed E-state index contributed by atoms with van der Waals surface area (Å²) in [7, 11) is 1.45. The fourth-order valence-electron chi connectivity index (χ4n) is 5.13. The van der Waals surface area contributed by atoms with Crippen LogP contribution in [0, 0.1) is 11.8 Å². The number of carbonyl (C=O) groups is 2. The van der Waals surface area contributed by atoms with Gasteiger partial charge in [-0.05, 0) is 44.6 Å². The van der Waals surface area contributed by atoms with Crippen LogP contribution in [0.15, 0.2) is 63.4 Å². The van der Waals surface area contributed by atoms with Gasteiger partial charge in [0.05, 0.1) is 17.3 Å². The highest BCUT2D eigenvalue weighted by Crippen LogP contribution is 2.37. The molecule has 42 heavy (non-hydrogen) atoms. The summed E-state index contributed by atoms with van der Waals surface area (Å²) in [5, 5.41) is 25.0. The number of rotatable bonds is 4. The van der Waals surface area contributed by atoms with E-state index in [0.717, 1.165) is 0 Å². The Morgan fingerprint density at radius 3 is 2.64 bits per heavy atom. The van der Waals surface area contributed by atoms with Gasteiger partial charge in [0.1, 0.15) is 11.9 Å². The lowest BCUT2D eigenvalue weighted by atomic mass is 9.89. The predicted molar refractivity (Wildman–Crippen MR) is 160 cm³/mol. The number of oxazole rings is 1. The van der Waals surface area contributed by atoms with Crippen molar-refractivity contribution in [1.82, 2.24) is 4.57 Å². The zero-order valence-electron chi connectivity index (χ0n) is 24.8. The summed E-state index contributed by atoms with van der Waals surface area (Å²) in [6.07, 6.45) is 6.24. The van der Waals surface area contributed by atoms with Crippen LogP contribution in [0.4, 0.5) is 10.5 Å². The van der Waals surface area contributed by atoms with Crippen molar-refractivity contribution in [2.45, 2.75) is 71.8 Å². The van der Waals surface area contributed by atoms with E-state index in [1.165, 1.54) is 17.7 Å². The normalized spacial score (nSPS) is 27.8. The molecule has 1 aliphatic rings. The van der Waals surface area contributed by atoms with Gasteiger partial charge < -0.3 is 35.2 Å². The van der Waals surface area contributed by atoms with E-state index in [1.807, 2.05) is 19.9 Å². The van der Waals surface area contributed by atoms with Crippen LogP contribution in [0.25, 0.3) is 11.1 Å². The number of amides is 2. The van der Waals surface area contributed by atoms with E-state index >= 15 is 0 Å². The highest BCUT2D eigenvalue weighted by atomic mass is 16.6. The highest BCUT2D eigenvalue weighted by molar-refractivity contribution is 6.05. The van der Waals surface area contributed by atoms with Crippen molar-refractivity contribution in [3.05, 3.63) is 70.3 Å². The van der Waals surface area contributed by atoms with Crippen LogP contribution in [0.2, 0.25) is 0 Å². The van der Waals surface area contributed by atoms with E-state index < -0.39 is 36.1 Å². The summed E-state index contributed by atoms with van der Waals surface area (Å²) in [6.45, 7) is 11.1. The molecule has 228 valence electrons. The van der Waals surface area contributed by atoms with Gasteiger partial charge in [0, 0.05) is 36.8 Å². The Kier molecular flexibility index (Phi) is 11.0. The summed E-state index contributed by atoms with van der Waals surface area (Å²) in [4.78, 5) is 37.4. The van der Waals surface area contributed by atoms with E-state index in [1.54, 1.807) is 38.2 Å². The number of benzene rings is 1. The number of aliphatic hydroxyl groups is 1. The number of hydrogen-bond donors (Lipinski definition) is 4. The number of ether oxygens (including phenoxy) is 2. The van der Waals surface area contributed by atoms with Gasteiger partial charge in [-0.25, -0.2) is 9.59 Å². The number of nitrogens with one attached hydrogen (secondary N) is 1. The van der Waals surface area contributed by atoms with Crippen molar-refractivity contribution in [3.8, 4) is 5.75 Å². The molecule has 3 unspecified atom stereocenters. The monoisotopic (exact) mass is 583 g/mol. The number of aliphatic hydroxyl groups excluding tert-OH is 1. The molecule has 0 saturated carbocycles. The second-order valence-corrected chi connectivity index (χ2v) is 10.8. The molecule has 3 rings (SSSR count). The summed E-state index contributed by atoms with van der Waals surface area (Å²) in [5.74, 6) is -1.59. The number of fused-ring (bicyclic) bond motifs is 4. The highest BCUT2D eigenvalue weighted by Gasteiger charge is 2.27. The van der Waals surface area contributed by atoms with Gasteiger partial charge >= 0.3 is 11.8 Å². The fourth-order valence-corrected chi connectivity index (χ4v) is 5.13. The van der Waals surface area contributed by atoms with Crippen LogP contribution in [0.1, 0.15) is 46.1 Å². The number of phenolic OH excluding ortho intramolecular Hbond substituents is 1. The first-order valence-electron chi connectivity index (χ1n) is 13.9. The molecule has 0 radical (unpaired) electrons. The molecule has 0 saturated heterocycles. The number of methoxy groups -OCH3 is 1. The maximum Gasteiger partial charge on any atom is 0.420 e. The lowest BCUT2D eigenvalue weighted by Gasteiger charge is -2.26. The van der Waals surface area contributed by atoms with Gasteiger partial charge in [-0.2, -0.15) is 0 Å². The maximum atomic E-state index is 13.1. The fraction of sp³-hybridized carbons (Fsp3) is 0.452. The Hall–Kier alpha value is -4.09. The number of aromatic hydroxyl groups is 1. The van der Waals surface area contributed by atoms with Crippen molar-refractivity contribution in [3.63, 3.8) is 0 Å². The van der Waals surface area contributed by atoms with Crippen molar-refractivity contribution < 1.29 is 33.7 Å². The molecule has 5 N–H and O–H groups in total. The number of carbonyl (C=O) groups excluding carboxylic acids is 2. The SMILES string of the molecule is C=CCn1c(=O)oc2cc3c(O)c(c21)C[C@@H](C)CCC(O)[C@@H](C)/C=C(\C)C(OC(N)=O)C(OC)/C=C\C=C(/C)C(=O)N3. The maximum absolute atomic E-state index is 13.1. The number of anilines is 1. The largest absolute Gasteiger partial charge is 0.505 e. The van der Waals surface area contributed by atoms with Gasteiger partial charge in [-0.3, -0.25) is 9.36 Å². The van der Waals surface area contributed by atoms with Crippen molar-refractivity contribution >= 4 is 28.8 Å². The molecule has 2 bridgehead atoms. The molecule has 0 spiro atoms. The zero-order chi connectivity index (χ0) is 31.1. The average Bonchev–Trinajstić information content (AvgIpc) is 3.24. The van der Waals surface area contributed by atoms with Gasteiger partial charge in [0.2, 0.25) is 0 Å². The quantitative estimate of drug-likeness (QED) is 0.305. The van der Waals surface area contributed by atoms with Crippen LogP contribution in [0.5, 0.6) is 5.75 Å². The molecule has 5 atom stereocenters. The second-order valence-electron chi connectivity index (χ2n) is 10.8. The summed E-state index contributed by atoms with van der Waals surface area (Å²) >= 11 is 0.